The molecular weight excluding hydrogens is 278 g/mol. The van der Waals surface area contributed by atoms with Gasteiger partial charge in [-0.1, -0.05) is 0 Å². The Morgan fingerprint density at radius 2 is 2.14 bits per heavy atom. The Morgan fingerprint density at radius 1 is 1.32 bits per heavy atom. The summed E-state index contributed by atoms with van der Waals surface area (Å²) >= 11 is 0. The Bertz CT molecular complexity index is 603. The van der Waals surface area contributed by atoms with Gasteiger partial charge in [0.25, 0.3) is 0 Å². The summed E-state index contributed by atoms with van der Waals surface area (Å²) in [6.45, 7) is 8.90. The van der Waals surface area contributed by atoms with Crippen molar-refractivity contribution in [2.75, 3.05) is 6.61 Å². The fraction of sp³-hybridized carbons (Fsp3) is 0.625. The molecule has 6 nitrogen and oxygen atoms in total. The maximum atomic E-state index is 5.98. The lowest BCUT2D eigenvalue weighted by atomic mass is 10.1. The van der Waals surface area contributed by atoms with Gasteiger partial charge in [-0.05, 0) is 39.3 Å². The van der Waals surface area contributed by atoms with Crippen LogP contribution < -0.4 is 5.32 Å². The first kappa shape index (κ1) is 15.2. The number of nitrogens with one attached hydrogen (secondary N) is 1. The Hall–Kier alpha value is -1.66. The lowest BCUT2D eigenvalue weighted by molar-refractivity contribution is 0.0897. The Balaban J connectivity index is 1.69. The molecule has 2 aromatic rings. The molecule has 1 aliphatic heterocycles. The van der Waals surface area contributed by atoms with Gasteiger partial charge >= 0.3 is 0 Å². The van der Waals surface area contributed by atoms with Crippen LogP contribution in [0.1, 0.15) is 50.7 Å². The van der Waals surface area contributed by atoms with Crippen LogP contribution in [0.4, 0.5) is 0 Å². The van der Waals surface area contributed by atoms with Gasteiger partial charge < -0.3 is 10.1 Å². The van der Waals surface area contributed by atoms with E-state index in [0.29, 0.717) is 12.1 Å². The molecular formula is C16H25N5O. The summed E-state index contributed by atoms with van der Waals surface area (Å²) in [4.78, 5) is 0. The van der Waals surface area contributed by atoms with Gasteiger partial charge in [0.1, 0.15) is 6.10 Å². The van der Waals surface area contributed by atoms with E-state index in [1.807, 2.05) is 17.1 Å². The SMILES string of the molecule is CCn1nccc1CN[C@H]1CCO[C@@H]1c1ccnn1C(C)C. The summed E-state index contributed by atoms with van der Waals surface area (Å²) in [5.74, 6) is 0. The fourth-order valence-electron chi connectivity index (χ4n) is 3.10. The van der Waals surface area contributed by atoms with Crippen LogP contribution in [0.5, 0.6) is 0 Å². The zero-order valence-corrected chi connectivity index (χ0v) is 13.6. The van der Waals surface area contributed by atoms with Crippen molar-refractivity contribution in [1.82, 2.24) is 24.9 Å². The summed E-state index contributed by atoms with van der Waals surface area (Å²) in [6.07, 6.45) is 4.81. The van der Waals surface area contributed by atoms with Gasteiger partial charge in [-0.3, -0.25) is 9.36 Å². The molecule has 0 unspecified atom stereocenters. The van der Waals surface area contributed by atoms with E-state index in [-0.39, 0.29) is 6.10 Å². The first-order chi connectivity index (χ1) is 10.7. The van der Waals surface area contributed by atoms with Gasteiger partial charge in [0.15, 0.2) is 0 Å². The average molecular weight is 303 g/mol. The van der Waals surface area contributed by atoms with E-state index in [2.05, 4.69) is 53.1 Å². The van der Waals surface area contributed by atoms with Crippen molar-refractivity contribution in [2.45, 2.75) is 58.5 Å². The Morgan fingerprint density at radius 3 is 2.91 bits per heavy atom. The summed E-state index contributed by atoms with van der Waals surface area (Å²) in [5.41, 5.74) is 2.37. The van der Waals surface area contributed by atoms with E-state index in [9.17, 15) is 0 Å². The Kier molecular flexibility index (Phi) is 4.59. The van der Waals surface area contributed by atoms with Gasteiger partial charge in [-0.2, -0.15) is 10.2 Å². The molecule has 6 heteroatoms. The highest BCUT2D eigenvalue weighted by atomic mass is 16.5. The number of nitrogens with zero attached hydrogens (tertiary/aromatic N) is 4. The molecule has 0 aliphatic carbocycles. The van der Waals surface area contributed by atoms with Crippen LogP contribution in [-0.2, 0) is 17.8 Å². The van der Waals surface area contributed by atoms with Crippen LogP contribution in [0.2, 0.25) is 0 Å². The molecule has 3 heterocycles. The van der Waals surface area contributed by atoms with Crippen molar-refractivity contribution in [3.63, 3.8) is 0 Å². The van der Waals surface area contributed by atoms with Crippen molar-refractivity contribution in [1.29, 1.82) is 0 Å². The highest BCUT2D eigenvalue weighted by Crippen LogP contribution is 2.30. The zero-order chi connectivity index (χ0) is 15.5. The molecule has 3 rings (SSSR count). The molecule has 1 fully saturated rings. The molecule has 0 saturated carbocycles. The zero-order valence-electron chi connectivity index (χ0n) is 13.6. The van der Waals surface area contributed by atoms with Crippen LogP contribution >= 0.6 is 0 Å². The molecule has 1 saturated heterocycles. The minimum absolute atomic E-state index is 0.0721. The summed E-state index contributed by atoms with van der Waals surface area (Å²) in [7, 11) is 0. The number of hydrogen-bond donors (Lipinski definition) is 1. The molecule has 22 heavy (non-hydrogen) atoms. The van der Waals surface area contributed by atoms with Crippen molar-refractivity contribution in [3.8, 4) is 0 Å². The second-order valence-corrected chi connectivity index (χ2v) is 6.00. The lowest BCUT2D eigenvalue weighted by Crippen LogP contribution is -2.33. The van der Waals surface area contributed by atoms with E-state index < -0.39 is 0 Å². The molecule has 1 aliphatic rings. The number of hydrogen-bond acceptors (Lipinski definition) is 4. The number of aromatic nitrogens is 4. The van der Waals surface area contributed by atoms with Crippen molar-refractivity contribution in [2.24, 2.45) is 0 Å². The Labute approximate surface area is 131 Å². The van der Waals surface area contributed by atoms with Crippen LogP contribution in [0.3, 0.4) is 0 Å². The van der Waals surface area contributed by atoms with Crippen molar-refractivity contribution in [3.05, 3.63) is 35.9 Å². The first-order valence-corrected chi connectivity index (χ1v) is 8.09. The maximum absolute atomic E-state index is 5.98. The molecule has 1 N–H and O–H groups in total. The molecule has 2 atom stereocenters. The molecule has 0 aromatic carbocycles. The van der Waals surface area contributed by atoms with Gasteiger partial charge in [0.05, 0.1) is 11.4 Å². The predicted octanol–water partition coefficient (Wildman–Crippen LogP) is 2.30. The first-order valence-electron chi connectivity index (χ1n) is 8.09. The van der Waals surface area contributed by atoms with E-state index in [0.717, 1.165) is 31.8 Å². The molecule has 0 amide bonds. The van der Waals surface area contributed by atoms with Gasteiger partial charge in [-0.15, -0.1) is 0 Å². The topological polar surface area (TPSA) is 56.9 Å². The van der Waals surface area contributed by atoms with Crippen molar-refractivity contribution >= 4 is 0 Å². The molecule has 0 radical (unpaired) electrons. The van der Waals surface area contributed by atoms with Crippen LogP contribution in [0.25, 0.3) is 0 Å². The van der Waals surface area contributed by atoms with Gasteiger partial charge in [0.2, 0.25) is 0 Å². The average Bonchev–Trinajstić information content (AvgIpc) is 3.23. The number of ether oxygens (including phenoxy) is 1. The number of aryl methyl sites for hydroxylation is 1. The third-order valence-corrected chi connectivity index (χ3v) is 4.22. The predicted molar refractivity (Wildman–Crippen MR) is 84.5 cm³/mol. The minimum Gasteiger partial charge on any atom is -0.370 e. The standard InChI is InChI=1S/C16H25N5O/c1-4-20-13(5-8-18-20)11-17-14-7-10-22-16(14)15-6-9-19-21(15)12(2)3/h5-6,8-9,12,14,16-17H,4,7,10-11H2,1-3H3/t14-,16-/m0/s1. The quantitative estimate of drug-likeness (QED) is 0.889. The van der Waals surface area contributed by atoms with E-state index in [1.54, 1.807) is 0 Å². The summed E-state index contributed by atoms with van der Waals surface area (Å²) in [6, 6.07) is 4.80. The van der Waals surface area contributed by atoms with E-state index in [1.165, 1.54) is 5.69 Å². The number of rotatable bonds is 6. The van der Waals surface area contributed by atoms with E-state index >= 15 is 0 Å². The third kappa shape index (κ3) is 2.94. The van der Waals surface area contributed by atoms with Crippen LogP contribution in [-0.4, -0.2) is 32.2 Å². The maximum Gasteiger partial charge on any atom is 0.114 e. The third-order valence-electron chi connectivity index (χ3n) is 4.22. The van der Waals surface area contributed by atoms with Crippen LogP contribution in [0, 0.1) is 0 Å². The van der Waals surface area contributed by atoms with Crippen molar-refractivity contribution < 1.29 is 4.74 Å². The second kappa shape index (κ2) is 6.62. The van der Waals surface area contributed by atoms with Crippen LogP contribution in [0.15, 0.2) is 24.5 Å². The fourth-order valence-corrected chi connectivity index (χ4v) is 3.10. The highest BCUT2D eigenvalue weighted by Gasteiger charge is 2.32. The summed E-state index contributed by atoms with van der Waals surface area (Å²) < 4.78 is 10.1. The highest BCUT2D eigenvalue weighted by molar-refractivity contribution is 5.11. The molecule has 2 aromatic heterocycles. The normalized spacial score (nSPS) is 21.8. The lowest BCUT2D eigenvalue weighted by Gasteiger charge is -2.22. The largest absolute Gasteiger partial charge is 0.370 e. The summed E-state index contributed by atoms with van der Waals surface area (Å²) in [5, 5.41) is 12.4. The molecule has 120 valence electrons. The second-order valence-electron chi connectivity index (χ2n) is 6.00. The molecule has 0 spiro atoms. The van der Waals surface area contributed by atoms with E-state index in [4.69, 9.17) is 4.74 Å². The van der Waals surface area contributed by atoms with Gasteiger partial charge in [0, 0.05) is 44.2 Å². The van der Waals surface area contributed by atoms with Gasteiger partial charge in [-0.25, -0.2) is 0 Å². The molecule has 0 bridgehead atoms. The minimum atomic E-state index is 0.0721. The monoisotopic (exact) mass is 303 g/mol. The smallest absolute Gasteiger partial charge is 0.114 e.